The minimum absolute atomic E-state index is 0. The van der Waals surface area contributed by atoms with Gasteiger partial charge in [-0.25, -0.2) is 4.99 Å². The molecule has 1 aromatic carbocycles. The van der Waals surface area contributed by atoms with Gasteiger partial charge in [-0.1, -0.05) is 26.0 Å². The molecule has 1 aromatic rings. The van der Waals surface area contributed by atoms with E-state index in [1.165, 1.54) is 0 Å². The Labute approximate surface area is 168 Å². The van der Waals surface area contributed by atoms with Crippen LogP contribution in [-0.2, 0) is 11.3 Å². The van der Waals surface area contributed by atoms with Crippen molar-refractivity contribution in [2.75, 3.05) is 26.3 Å². The predicted octanol–water partition coefficient (Wildman–Crippen LogP) is 2.52. The molecule has 0 unspecified atom stereocenters. The molecule has 0 fully saturated rings. The van der Waals surface area contributed by atoms with Gasteiger partial charge in [0.15, 0.2) is 5.96 Å². The number of halogens is 1. The first kappa shape index (κ1) is 23.6. The van der Waals surface area contributed by atoms with E-state index in [1.54, 1.807) is 12.1 Å². The number of carbonyl (C=O) groups is 1. The van der Waals surface area contributed by atoms with E-state index >= 15 is 0 Å². The Morgan fingerprint density at radius 3 is 2.68 bits per heavy atom. The molecule has 4 N–H and O–H groups in total. The molecule has 0 heterocycles. The SMILES string of the molecule is CCNC(=NCc1cccc(C(N)=O)c1)NCCOCCC(C)C.I. The van der Waals surface area contributed by atoms with Crippen molar-refractivity contribution in [1.82, 2.24) is 10.6 Å². The van der Waals surface area contributed by atoms with Crippen LogP contribution in [0.1, 0.15) is 43.1 Å². The average Bonchev–Trinajstić information content (AvgIpc) is 2.55. The van der Waals surface area contributed by atoms with Crippen LogP contribution in [0.25, 0.3) is 0 Å². The quantitative estimate of drug-likeness (QED) is 0.216. The number of guanidine groups is 1. The molecule has 0 bridgehead atoms. The summed E-state index contributed by atoms with van der Waals surface area (Å²) in [5.41, 5.74) is 6.74. The lowest BCUT2D eigenvalue weighted by molar-refractivity contribution is 0.1000. The Morgan fingerprint density at radius 1 is 1.28 bits per heavy atom. The van der Waals surface area contributed by atoms with Crippen LogP contribution < -0.4 is 16.4 Å². The van der Waals surface area contributed by atoms with Gasteiger partial charge in [0.1, 0.15) is 0 Å². The van der Waals surface area contributed by atoms with Gasteiger partial charge in [0.2, 0.25) is 5.91 Å². The zero-order valence-corrected chi connectivity index (χ0v) is 17.7. The molecule has 0 atom stereocenters. The number of carbonyl (C=O) groups excluding carboxylic acids is 1. The number of nitrogens with one attached hydrogen (secondary N) is 2. The van der Waals surface area contributed by atoms with E-state index in [-0.39, 0.29) is 24.0 Å². The van der Waals surface area contributed by atoms with Crippen LogP contribution in [0.2, 0.25) is 0 Å². The maximum absolute atomic E-state index is 11.2. The van der Waals surface area contributed by atoms with Crippen LogP contribution in [0.3, 0.4) is 0 Å². The molecule has 0 aliphatic carbocycles. The second-order valence-electron chi connectivity index (χ2n) is 5.98. The lowest BCUT2D eigenvalue weighted by Gasteiger charge is -2.12. The molecular formula is C18H31IN4O2. The van der Waals surface area contributed by atoms with Crippen LogP contribution in [0.15, 0.2) is 29.3 Å². The van der Waals surface area contributed by atoms with E-state index in [4.69, 9.17) is 10.5 Å². The molecule has 0 aliphatic heterocycles. The van der Waals surface area contributed by atoms with Crippen molar-refractivity contribution < 1.29 is 9.53 Å². The third-order valence-electron chi connectivity index (χ3n) is 3.35. The molecule has 6 nitrogen and oxygen atoms in total. The summed E-state index contributed by atoms with van der Waals surface area (Å²) < 4.78 is 5.58. The van der Waals surface area contributed by atoms with Gasteiger partial charge >= 0.3 is 0 Å². The number of amides is 1. The van der Waals surface area contributed by atoms with Crippen LogP contribution in [-0.4, -0.2) is 38.2 Å². The summed E-state index contributed by atoms with van der Waals surface area (Å²) in [6, 6.07) is 7.21. The van der Waals surface area contributed by atoms with E-state index < -0.39 is 5.91 Å². The van der Waals surface area contributed by atoms with Crippen molar-refractivity contribution in [3.8, 4) is 0 Å². The molecule has 1 amide bonds. The van der Waals surface area contributed by atoms with Crippen LogP contribution in [0.4, 0.5) is 0 Å². The Morgan fingerprint density at radius 2 is 2.04 bits per heavy atom. The van der Waals surface area contributed by atoms with Crippen molar-refractivity contribution in [1.29, 1.82) is 0 Å². The van der Waals surface area contributed by atoms with E-state index in [0.717, 1.165) is 31.1 Å². The van der Waals surface area contributed by atoms with Crippen molar-refractivity contribution in [3.63, 3.8) is 0 Å². The number of nitrogens with two attached hydrogens (primary N) is 1. The molecule has 1 rings (SSSR count). The minimum Gasteiger partial charge on any atom is -0.380 e. The maximum atomic E-state index is 11.2. The molecular weight excluding hydrogens is 431 g/mol. The summed E-state index contributed by atoms with van der Waals surface area (Å²) >= 11 is 0. The first-order valence-corrected chi connectivity index (χ1v) is 8.51. The summed E-state index contributed by atoms with van der Waals surface area (Å²) in [7, 11) is 0. The molecule has 0 saturated carbocycles. The standard InChI is InChI=1S/C18H30N4O2.HI/c1-4-20-18(21-9-11-24-10-8-14(2)3)22-13-15-6-5-7-16(12-15)17(19)23;/h5-7,12,14H,4,8-11,13H2,1-3H3,(H2,19,23)(H2,20,21,22);1H. The molecule has 0 aliphatic rings. The Balaban J connectivity index is 0.00000576. The van der Waals surface area contributed by atoms with Gasteiger partial charge in [-0.05, 0) is 37.0 Å². The summed E-state index contributed by atoms with van der Waals surface area (Å²) in [6.45, 7) is 9.78. The Hall–Kier alpha value is -1.35. The molecule has 0 aromatic heterocycles. The zero-order chi connectivity index (χ0) is 17.8. The van der Waals surface area contributed by atoms with Gasteiger partial charge in [-0.2, -0.15) is 0 Å². The van der Waals surface area contributed by atoms with Gasteiger partial charge in [-0.15, -0.1) is 24.0 Å². The van der Waals surface area contributed by atoms with Crippen LogP contribution in [0, 0.1) is 5.92 Å². The third-order valence-corrected chi connectivity index (χ3v) is 3.35. The van der Waals surface area contributed by atoms with Gasteiger partial charge in [0.05, 0.1) is 13.2 Å². The Bertz CT molecular complexity index is 536. The van der Waals surface area contributed by atoms with E-state index in [2.05, 4.69) is 29.5 Å². The maximum Gasteiger partial charge on any atom is 0.248 e. The van der Waals surface area contributed by atoms with Crippen molar-refractivity contribution in [2.45, 2.75) is 33.7 Å². The van der Waals surface area contributed by atoms with E-state index in [9.17, 15) is 4.79 Å². The normalized spacial score (nSPS) is 11.1. The van der Waals surface area contributed by atoms with Gasteiger partial charge in [0, 0.05) is 25.3 Å². The summed E-state index contributed by atoms with van der Waals surface area (Å²) in [5, 5.41) is 6.43. The first-order valence-electron chi connectivity index (χ1n) is 8.51. The highest BCUT2D eigenvalue weighted by Crippen LogP contribution is 2.06. The smallest absolute Gasteiger partial charge is 0.248 e. The second-order valence-corrected chi connectivity index (χ2v) is 5.98. The number of benzene rings is 1. The van der Waals surface area contributed by atoms with E-state index in [0.29, 0.717) is 31.2 Å². The van der Waals surface area contributed by atoms with Gasteiger partial charge in [0.25, 0.3) is 0 Å². The lowest BCUT2D eigenvalue weighted by Crippen LogP contribution is -2.39. The van der Waals surface area contributed by atoms with Crippen molar-refractivity contribution in [2.24, 2.45) is 16.6 Å². The number of hydrogen-bond donors (Lipinski definition) is 3. The predicted molar refractivity (Wildman–Crippen MR) is 113 cm³/mol. The number of hydrogen-bond acceptors (Lipinski definition) is 3. The van der Waals surface area contributed by atoms with Crippen molar-refractivity contribution >= 4 is 35.8 Å². The number of ether oxygens (including phenoxy) is 1. The fourth-order valence-electron chi connectivity index (χ4n) is 2.00. The van der Waals surface area contributed by atoms with Crippen LogP contribution >= 0.6 is 24.0 Å². The topological polar surface area (TPSA) is 88.7 Å². The summed E-state index contributed by atoms with van der Waals surface area (Å²) in [6.07, 6.45) is 1.07. The third kappa shape index (κ3) is 11.0. The van der Waals surface area contributed by atoms with Gasteiger partial charge in [-0.3, -0.25) is 4.79 Å². The number of primary amides is 1. The highest BCUT2D eigenvalue weighted by atomic mass is 127. The number of aliphatic imine (C=N–C) groups is 1. The number of rotatable bonds is 10. The van der Waals surface area contributed by atoms with Crippen LogP contribution in [0.5, 0.6) is 0 Å². The average molecular weight is 462 g/mol. The van der Waals surface area contributed by atoms with E-state index in [1.807, 2.05) is 19.1 Å². The highest BCUT2D eigenvalue weighted by molar-refractivity contribution is 14.0. The summed E-state index contributed by atoms with van der Waals surface area (Å²) in [5.74, 6) is 0.965. The molecule has 7 heteroatoms. The molecule has 0 spiro atoms. The fraction of sp³-hybridized carbons (Fsp3) is 0.556. The molecule has 142 valence electrons. The Kier molecular flexibility index (Phi) is 13.1. The monoisotopic (exact) mass is 462 g/mol. The first-order chi connectivity index (χ1) is 11.5. The highest BCUT2D eigenvalue weighted by Gasteiger charge is 2.02. The lowest BCUT2D eigenvalue weighted by atomic mass is 10.1. The largest absolute Gasteiger partial charge is 0.380 e. The second kappa shape index (κ2) is 13.9. The fourth-order valence-corrected chi connectivity index (χ4v) is 2.00. The molecule has 0 radical (unpaired) electrons. The molecule has 25 heavy (non-hydrogen) atoms. The minimum atomic E-state index is -0.426. The number of nitrogens with zero attached hydrogens (tertiary/aromatic N) is 1. The molecule has 0 saturated heterocycles. The van der Waals surface area contributed by atoms with Gasteiger partial charge < -0.3 is 21.1 Å². The zero-order valence-electron chi connectivity index (χ0n) is 15.4. The van der Waals surface area contributed by atoms with Crippen molar-refractivity contribution in [3.05, 3.63) is 35.4 Å². The summed E-state index contributed by atoms with van der Waals surface area (Å²) in [4.78, 5) is 15.7.